The van der Waals surface area contributed by atoms with Crippen LogP contribution in [0.25, 0.3) is 0 Å². The Labute approximate surface area is 186 Å². The molecule has 1 saturated heterocycles. The van der Waals surface area contributed by atoms with Crippen LogP contribution >= 0.6 is 11.6 Å². The van der Waals surface area contributed by atoms with E-state index in [1.807, 2.05) is 41.3 Å². The van der Waals surface area contributed by atoms with Crippen molar-refractivity contribution < 1.29 is 4.79 Å². The van der Waals surface area contributed by atoms with Gasteiger partial charge in [0.15, 0.2) is 0 Å². The van der Waals surface area contributed by atoms with Crippen molar-refractivity contribution in [3.05, 3.63) is 59.5 Å². The molecule has 0 spiro atoms. The molecule has 3 aromatic rings. The quantitative estimate of drug-likeness (QED) is 0.537. The van der Waals surface area contributed by atoms with Crippen molar-refractivity contribution >= 4 is 40.4 Å². The van der Waals surface area contributed by atoms with Gasteiger partial charge in [-0.05, 0) is 45.1 Å². The first-order valence-corrected chi connectivity index (χ1v) is 10.6. The van der Waals surface area contributed by atoms with Gasteiger partial charge < -0.3 is 20.9 Å². The SMILES string of the molecule is CNC(=O)c1ccccc1Nc1cc(Nc2cnn(C3CCN(C)CC3)c2)ncc1Cl. The fraction of sp³-hybridized carbons (Fsp3) is 0.318. The molecule has 162 valence electrons. The van der Waals surface area contributed by atoms with E-state index in [0.29, 0.717) is 33.8 Å². The first-order valence-electron chi connectivity index (χ1n) is 10.3. The fourth-order valence-corrected chi connectivity index (χ4v) is 3.83. The third-order valence-electron chi connectivity index (χ3n) is 5.46. The molecule has 1 amide bonds. The Balaban J connectivity index is 1.50. The lowest BCUT2D eigenvalue weighted by molar-refractivity contribution is 0.0964. The average molecular weight is 440 g/mol. The number of carbonyl (C=O) groups excluding carboxylic acids is 1. The number of para-hydroxylation sites is 1. The van der Waals surface area contributed by atoms with Crippen LogP contribution in [0, 0.1) is 0 Å². The van der Waals surface area contributed by atoms with Crippen LogP contribution in [0.3, 0.4) is 0 Å². The molecule has 2 aromatic heterocycles. The van der Waals surface area contributed by atoms with Gasteiger partial charge in [-0.3, -0.25) is 9.48 Å². The highest BCUT2D eigenvalue weighted by Crippen LogP contribution is 2.30. The summed E-state index contributed by atoms with van der Waals surface area (Å²) in [5.41, 5.74) is 2.71. The number of pyridine rings is 1. The molecule has 1 aliphatic rings. The number of hydrogen-bond donors (Lipinski definition) is 3. The lowest BCUT2D eigenvalue weighted by Crippen LogP contribution is -2.31. The molecule has 3 heterocycles. The zero-order chi connectivity index (χ0) is 21.8. The molecule has 0 bridgehead atoms. The summed E-state index contributed by atoms with van der Waals surface area (Å²) < 4.78 is 2.03. The Hall–Kier alpha value is -3.10. The van der Waals surface area contributed by atoms with Gasteiger partial charge in [-0.1, -0.05) is 23.7 Å². The van der Waals surface area contributed by atoms with Gasteiger partial charge in [0.25, 0.3) is 5.91 Å². The summed E-state index contributed by atoms with van der Waals surface area (Å²) in [5.74, 6) is 0.459. The molecule has 3 N–H and O–H groups in total. The van der Waals surface area contributed by atoms with Crippen LogP contribution in [0.4, 0.5) is 22.9 Å². The van der Waals surface area contributed by atoms with E-state index in [0.717, 1.165) is 31.6 Å². The van der Waals surface area contributed by atoms with Crippen LogP contribution < -0.4 is 16.0 Å². The van der Waals surface area contributed by atoms with Crippen LogP contribution in [0.15, 0.2) is 48.9 Å². The first kappa shape index (κ1) is 21.1. The van der Waals surface area contributed by atoms with Gasteiger partial charge >= 0.3 is 0 Å². The Bertz CT molecular complexity index is 1060. The van der Waals surface area contributed by atoms with Crippen molar-refractivity contribution in [1.29, 1.82) is 0 Å². The van der Waals surface area contributed by atoms with Crippen molar-refractivity contribution in [2.45, 2.75) is 18.9 Å². The number of piperidine rings is 1. The zero-order valence-corrected chi connectivity index (χ0v) is 18.4. The molecule has 0 saturated carbocycles. The first-order chi connectivity index (χ1) is 15.0. The molecular formula is C22H26ClN7O. The normalized spacial score (nSPS) is 14.9. The predicted molar refractivity (Wildman–Crippen MR) is 124 cm³/mol. The maximum Gasteiger partial charge on any atom is 0.253 e. The minimum absolute atomic E-state index is 0.173. The standard InChI is InChI=1S/C22H26ClN7O/c1-24-22(31)17-5-3-4-6-19(17)28-20-11-21(25-13-18(20)23)27-15-12-26-30(14-15)16-7-9-29(2)10-8-16/h3-6,11-14,16H,7-10H2,1-2H3,(H,24,31)(H2,25,27,28). The van der Waals surface area contributed by atoms with Crippen molar-refractivity contribution in [1.82, 2.24) is 25.0 Å². The van der Waals surface area contributed by atoms with Gasteiger partial charge in [0.05, 0.1) is 46.1 Å². The molecule has 0 aliphatic carbocycles. The van der Waals surface area contributed by atoms with Crippen LogP contribution in [-0.4, -0.2) is 52.8 Å². The minimum atomic E-state index is -0.173. The summed E-state index contributed by atoms with van der Waals surface area (Å²) in [6, 6.07) is 9.51. The Morgan fingerprint density at radius 2 is 1.90 bits per heavy atom. The fourth-order valence-electron chi connectivity index (χ4n) is 3.68. The average Bonchev–Trinajstić information content (AvgIpc) is 3.25. The van der Waals surface area contributed by atoms with E-state index in [4.69, 9.17) is 11.6 Å². The van der Waals surface area contributed by atoms with Gasteiger partial charge in [0.2, 0.25) is 0 Å². The zero-order valence-electron chi connectivity index (χ0n) is 17.6. The molecule has 0 radical (unpaired) electrons. The molecular weight excluding hydrogens is 414 g/mol. The van der Waals surface area contributed by atoms with Crippen molar-refractivity contribution in [2.75, 3.05) is 37.8 Å². The van der Waals surface area contributed by atoms with E-state index in [1.165, 1.54) is 0 Å². The molecule has 4 rings (SSSR count). The van der Waals surface area contributed by atoms with Gasteiger partial charge in [-0.25, -0.2) is 4.98 Å². The Morgan fingerprint density at radius 3 is 2.68 bits per heavy atom. The lowest BCUT2D eigenvalue weighted by atomic mass is 10.1. The largest absolute Gasteiger partial charge is 0.355 e. The maximum atomic E-state index is 12.1. The predicted octanol–water partition coefficient (Wildman–Crippen LogP) is 4.05. The molecule has 31 heavy (non-hydrogen) atoms. The van der Waals surface area contributed by atoms with Crippen LogP contribution in [0.5, 0.6) is 0 Å². The summed E-state index contributed by atoms with van der Waals surface area (Å²) in [7, 11) is 3.75. The highest BCUT2D eigenvalue weighted by molar-refractivity contribution is 6.33. The van der Waals surface area contributed by atoms with Crippen LogP contribution in [0.1, 0.15) is 29.2 Å². The number of rotatable bonds is 6. The van der Waals surface area contributed by atoms with E-state index in [1.54, 1.807) is 19.3 Å². The molecule has 1 aromatic carbocycles. The number of hydrogen-bond acceptors (Lipinski definition) is 6. The second kappa shape index (κ2) is 9.36. The number of likely N-dealkylation sites (tertiary alicyclic amines) is 1. The Morgan fingerprint density at radius 1 is 1.13 bits per heavy atom. The van der Waals surface area contributed by atoms with E-state index >= 15 is 0 Å². The number of anilines is 4. The molecule has 1 fully saturated rings. The second-order valence-corrected chi connectivity index (χ2v) is 8.07. The third-order valence-corrected chi connectivity index (χ3v) is 5.76. The summed E-state index contributed by atoms with van der Waals surface area (Å²) in [6.45, 7) is 2.16. The molecule has 1 aliphatic heterocycles. The Kier molecular flexibility index (Phi) is 6.39. The third kappa shape index (κ3) is 4.98. The monoisotopic (exact) mass is 439 g/mol. The molecule has 8 nitrogen and oxygen atoms in total. The summed E-state index contributed by atoms with van der Waals surface area (Å²) in [6.07, 6.45) is 7.59. The summed E-state index contributed by atoms with van der Waals surface area (Å²) in [4.78, 5) is 18.9. The number of carbonyl (C=O) groups is 1. The lowest BCUT2D eigenvalue weighted by Gasteiger charge is -2.28. The number of nitrogens with one attached hydrogen (secondary N) is 3. The van der Waals surface area contributed by atoms with Crippen molar-refractivity contribution in [3.63, 3.8) is 0 Å². The number of aromatic nitrogens is 3. The van der Waals surface area contributed by atoms with Gasteiger partial charge in [0.1, 0.15) is 5.82 Å². The minimum Gasteiger partial charge on any atom is -0.355 e. The van der Waals surface area contributed by atoms with Crippen LogP contribution in [-0.2, 0) is 0 Å². The number of amides is 1. The highest BCUT2D eigenvalue weighted by atomic mass is 35.5. The van der Waals surface area contributed by atoms with E-state index in [-0.39, 0.29) is 5.91 Å². The number of benzene rings is 1. The number of nitrogens with zero attached hydrogens (tertiary/aromatic N) is 4. The van der Waals surface area contributed by atoms with E-state index in [2.05, 4.69) is 38.0 Å². The molecule has 0 unspecified atom stereocenters. The highest BCUT2D eigenvalue weighted by Gasteiger charge is 2.19. The topological polar surface area (TPSA) is 87.1 Å². The van der Waals surface area contributed by atoms with Crippen molar-refractivity contribution in [3.8, 4) is 0 Å². The van der Waals surface area contributed by atoms with E-state index < -0.39 is 0 Å². The van der Waals surface area contributed by atoms with Gasteiger partial charge in [-0.15, -0.1) is 0 Å². The van der Waals surface area contributed by atoms with Gasteiger partial charge in [-0.2, -0.15) is 5.10 Å². The van der Waals surface area contributed by atoms with E-state index in [9.17, 15) is 4.79 Å². The number of halogens is 1. The smallest absolute Gasteiger partial charge is 0.253 e. The summed E-state index contributed by atoms with van der Waals surface area (Å²) in [5, 5.41) is 14.2. The van der Waals surface area contributed by atoms with Crippen LogP contribution in [0.2, 0.25) is 5.02 Å². The maximum absolute atomic E-state index is 12.1. The molecule has 9 heteroatoms. The summed E-state index contributed by atoms with van der Waals surface area (Å²) >= 11 is 6.36. The van der Waals surface area contributed by atoms with Gasteiger partial charge in [0, 0.05) is 19.3 Å². The second-order valence-electron chi connectivity index (χ2n) is 7.67. The van der Waals surface area contributed by atoms with Crippen molar-refractivity contribution in [2.24, 2.45) is 0 Å². The molecule has 0 atom stereocenters.